The van der Waals surface area contributed by atoms with Crippen LogP contribution in [-0.2, 0) is 0 Å². The molecule has 0 aromatic heterocycles. The fraction of sp³-hybridized carbons (Fsp3) is 0. The molecule has 106 valence electrons. The summed E-state index contributed by atoms with van der Waals surface area (Å²) >= 11 is 0. The maximum absolute atomic E-state index is 9.08. The Morgan fingerprint density at radius 3 is 2.33 bits per heavy atom. The van der Waals surface area contributed by atoms with Gasteiger partial charge in [-0.15, -0.1) is 5.10 Å². The Morgan fingerprint density at radius 1 is 1.00 bits per heavy atom. The third kappa shape index (κ3) is 4.17. The molecule has 6 N–H and O–H groups in total. The Hall–Kier alpha value is -2.64. The topological polar surface area (TPSA) is 117 Å². The van der Waals surface area contributed by atoms with Crippen LogP contribution in [0.25, 0.3) is 11.1 Å². The van der Waals surface area contributed by atoms with E-state index in [0.717, 1.165) is 16.7 Å². The smallest absolute Gasteiger partial charge is 0.423 e. The summed E-state index contributed by atoms with van der Waals surface area (Å²) in [6.07, 6.45) is 1.55. The van der Waals surface area contributed by atoms with Gasteiger partial charge in [0.15, 0.2) is 0 Å². The van der Waals surface area contributed by atoms with Crippen molar-refractivity contribution in [3.05, 3.63) is 54.1 Å². The van der Waals surface area contributed by atoms with E-state index in [1.165, 1.54) is 0 Å². The average Bonchev–Trinajstić information content (AvgIpc) is 2.47. The lowest BCUT2D eigenvalue weighted by atomic mass is 9.80. The molecule has 0 bridgehead atoms. The first kappa shape index (κ1) is 14.8. The lowest BCUT2D eigenvalue weighted by molar-refractivity contribution is 0.426. The van der Waals surface area contributed by atoms with Crippen molar-refractivity contribution >= 4 is 24.8 Å². The van der Waals surface area contributed by atoms with E-state index in [9.17, 15) is 0 Å². The maximum Gasteiger partial charge on any atom is 0.488 e. The fourth-order valence-electron chi connectivity index (χ4n) is 1.81. The van der Waals surface area contributed by atoms with Gasteiger partial charge in [-0.2, -0.15) is 5.10 Å². The molecule has 2 rings (SSSR count). The van der Waals surface area contributed by atoms with Crippen LogP contribution in [-0.4, -0.2) is 29.3 Å². The highest BCUT2D eigenvalue weighted by molar-refractivity contribution is 6.58. The molecule has 0 saturated carbocycles. The van der Waals surface area contributed by atoms with Crippen LogP contribution in [0.1, 0.15) is 5.56 Å². The molecule has 7 heteroatoms. The van der Waals surface area contributed by atoms with Gasteiger partial charge < -0.3 is 21.5 Å². The van der Waals surface area contributed by atoms with Crippen LogP contribution in [0.15, 0.2) is 58.7 Å². The van der Waals surface area contributed by atoms with Gasteiger partial charge in [0.1, 0.15) is 0 Å². The molecule has 2 aromatic rings. The zero-order valence-electron chi connectivity index (χ0n) is 11.2. The highest BCUT2D eigenvalue weighted by atomic mass is 16.4. The minimum Gasteiger partial charge on any atom is -0.423 e. The van der Waals surface area contributed by atoms with Crippen molar-refractivity contribution in [2.24, 2.45) is 21.7 Å². The second-order valence-electron chi connectivity index (χ2n) is 4.39. The monoisotopic (exact) mass is 282 g/mol. The largest absolute Gasteiger partial charge is 0.488 e. The van der Waals surface area contributed by atoms with Gasteiger partial charge in [0, 0.05) is 0 Å². The van der Waals surface area contributed by atoms with Crippen LogP contribution >= 0.6 is 0 Å². The summed E-state index contributed by atoms with van der Waals surface area (Å²) in [5, 5.41) is 25.5. The molecule has 0 radical (unpaired) electrons. The minimum atomic E-state index is -1.46. The van der Waals surface area contributed by atoms with Crippen molar-refractivity contribution in [2.45, 2.75) is 0 Å². The zero-order valence-corrected chi connectivity index (χ0v) is 11.2. The molecule has 0 aliphatic rings. The summed E-state index contributed by atoms with van der Waals surface area (Å²) in [4.78, 5) is 0. The van der Waals surface area contributed by atoms with Crippen LogP contribution in [0.4, 0.5) is 0 Å². The van der Waals surface area contributed by atoms with E-state index >= 15 is 0 Å². The van der Waals surface area contributed by atoms with Gasteiger partial charge >= 0.3 is 7.12 Å². The average molecular weight is 282 g/mol. The summed E-state index contributed by atoms with van der Waals surface area (Å²) in [5.74, 6) is -0.0967. The molecule has 0 aliphatic carbocycles. The molecule has 0 saturated heterocycles. The number of hydrogen-bond donors (Lipinski definition) is 4. The van der Waals surface area contributed by atoms with Crippen LogP contribution in [0, 0.1) is 0 Å². The lowest BCUT2D eigenvalue weighted by Gasteiger charge is -2.04. The molecular weight excluding hydrogens is 267 g/mol. The highest BCUT2D eigenvalue weighted by Gasteiger charge is 2.10. The molecule has 0 heterocycles. The SMILES string of the molecule is NC(N)=NN=Cc1cccc(-c2ccc(B(O)O)cc2)c1. The summed E-state index contributed by atoms with van der Waals surface area (Å²) < 4.78 is 0. The van der Waals surface area contributed by atoms with Crippen LogP contribution in [0.5, 0.6) is 0 Å². The van der Waals surface area contributed by atoms with Gasteiger partial charge in [0.05, 0.1) is 6.21 Å². The Morgan fingerprint density at radius 2 is 1.71 bits per heavy atom. The zero-order chi connectivity index (χ0) is 15.2. The summed E-state index contributed by atoms with van der Waals surface area (Å²) in [5.41, 5.74) is 13.6. The molecule has 2 aromatic carbocycles. The number of benzene rings is 2. The van der Waals surface area contributed by atoms with E-state index < -0.39 is 7.12 Å². The van der Waals surface area contributed by atoms with E-state index in [-0.39, 0.29) is 5.96 Å². The van der Waals surface area contributed by atoms with Crippen molar-refractivity contribution in [2.75, 3.05) is 0 Å². The Labute approximate surface area is 122 Å². The Kier molecular flexibility index (Phi) is 4.70. The van der Waals surface area contributed by atoms with Gasteiger partial charge in [0.25, 0.3) is 0 Å². The first-order chi connectivity index (χ1) is 10.1. The van der Waals surface area contributed by atoms with Crippen molar-refractivity contribution < 1.29 is 10.0 Å². The number of hydrogen-bond acceptors (Lipinski definition) is 4. The third-order valence-corrected chi connectivity index (χ3v) is 2.81. The highest BCUT2D eigenvalue weighted by Crippen LogP contribution is 2.19. The van der Waals surface area contributed by atoms with Crippen molar-refractivity contribution in [3.8, 4) is 11.1 Å². The molecule has 0 atom stereocenters. The van der Waals surface area contributed by atoms with Gasteiger partial charge in [-0.1, -0.05) is 42.5 Å². The van der Waals surface area contributed by atoms with Gasteiger partial charge in [-0.25, -0.2) is 0 Å². The number of nitrogens with two attached hydrogens (primary N) is 2. The fourth-order valence-corrected chi connectivity index (χ4v) is 1.81. The third-order valence-electron chi connectivity index (χ3n) is 2.81. The first-order valence-corrected chi connectivity index (χ1v) is 6.25. The predicted octanol–water partition coefficient (Wildman–Crippen LogP) is -0.359. The predicted molar refractivity (Wildman–Crippen MR) is 85.1 cm³/mol. The molecule has 21 heavy (non-hydrogen) atoms. The van der Waals surface area contributed by atoms with Gasteiger partial charge in [0.2, 0.25) is 5.96 Å². The van der Waals surface area contributed by atoms with Crippen molar-refractivity contribution in [1.82, 2.24) is 0 Å². The second-order valence-corrected chi connectivity index (χ2v) is 4.39. The van der Waals surface area contributed by atoms with Gasteiger partial charge in [-0.3, -0.25) is 0 Å². The second kappa shape index (κ2) is 6.69. The first-order valence-electron chi connectivity index (χ1n) is 6.25. The van der Waals surface area contributed by atoms with E-state index in [1.807, 2.05) is 36.4 Å². The summed E-state index contributed by atoms with van der Waals surface area (Å²) in [6, 6.07) is 14.6. The molecular formula is C14H15BN4O2. The number of nitrogens with zero attached hydrogens (tertiary/aromatic N) is 2. The van der Waals surface area contributed by atoms with Gasteiger partial charge in [-0.05, 0) is 28.2 Å². The van der Waals surface area contributed by atoms with Crippen LogP contribution < -0.4 is 16.9 Å². The number of rotatable bonds is 4. The Bertz CT molecular complexity index is 665. The van der Waals surface area contributed by atoms with E-state index in [1.54, 1.807) is 18.3 Å². The van der Waals surface area contributed by atoms with E-state index in [2.05, 4.69) is 10.2 Å². The Balaban J connectivity index is 2.24. The summed E-state index contributed by atoms with van der Waals surface area (Å²) in [7, 11) is -1.46. The summed E-state index contributed by atoms with van der Waals surface area (Å²) in [6.45, 7) is 0. The minimum absolute atomic E-state index is 0.0967. The molecule has 6 nitrogen and oxygen atoms in total. The molecule has 0 aliphatic heterocycles. The maximum atomic E-state index is 9.08. The quantitative estimate of drug-likeness (QED) is 0.265. The van der Waals surface area contributed by atoms with Crippen LogP contribution in [0.2, 0.25) is 0 Å². The number of guanidine groups is 1. The van der Waals surface area contributed by atoms with E-state index in [0.29, 0.717) is 5.46 Å². The van der Waals surface area contributed by atoms with Crippen molar-refractivity contribution in [1.29, 1.82) is 0 Å². The molecule has 0 amide bonds. The lowest BCUT2D eigenvalue weighted by Crippen LogP contribution is -2.29. The van der Waals surface area contributed by atoms with Crippen LogP contribution in [0.3, 0.4) is 0 Å². The standard InChI is InChI=1S/C14H15BN4O2/c16-14(17)19-18-9-10-2-1-3-12(8-10)11-4-6-13(7-5-11)15(20)21/h1-9,20-21H,(H4,16,17,19). The molecule has 0 unspecified atom stereocenters. The van der Waals surface area contributed by atoms with E-state index in [4.69, 9.17) is 21.5 Å². The normalized spacial score (nSPS) is 10.6. The molecule has 0 fully saturated rings. The molecule has 0 spiro atoms. The van der Waals surface area contributed by atoms with Crippen molar-refractivity contribution in [3.63, 3.8) is 0 Å².